The van der Waals surface area contributed by atoms with Crippen LogP contribution in [0.15, 0.2) is 69.9 Å². The standard InChI is InChI=1S/C27H22ClNO6/c1-32-20-12-16(13-21(33-2)25(20)34-3)23-22-24(30)17-9-5-7-11-19(17)35-26(22)27(31)29(23)14-15-8-4-6-10-18(15)28/h4-13,23H,14H2,1-3H3/t23-/m0/s1. The maximum atomic E-state index is 13.7. The van der Waals surface area contributed by atoms with Gasteiger partial charge in [0.25, 0.3) is 5.91 Å². The van der Waals surface area contributed by atoms with Crippen molar-refractivity contribution in [1.29, 1.82) is 0 Å². The number of rotatable bonds is 6. The maximum absolute atomic E-state index is 13.7. The number of ether oxygens (including phenoxy) is 3. The number of carbonyl (C=O) groups excluding carboxylic acids is 1. The molecule has 0 N–H and O–H groups in total. The number of hydrogen-bond acceptors (Lipinski definition) is 6. The number of halogens is 1. The molecule has 7 nitrogen and oxygen atoms in total. The maximum Gasteiger partial charge on any atom is 0.291 e. The van der Waals surface area contributed by atoms with E-state index in [1.807, 2.05) is 18.2 Å². The Morgan fingerprint density at radius 1 is 0.914 bits per heavy atom. The molecule has 3 aromatic carbocycles. The predicted octanol–water partition coefficient (Wildman–Crippen LogP) is 5.22. The summed E-state index contributed by atoms with van der Waals surface area (Å²) in [6.45, 7) is 0.166. The summed E-state index contributed by atoms with van der Waals surface area (Å²) in [7, 11) is 4.54. The van der Waals surface area contributed by atoms with E-state index in [9.17, 15) is 9.59 Å². The van der Waals surface area contributed by atoms with Crippen LogP contribution in [0.25, 0.3) is 11.0 Å². The van der Waals surface area contributed by atoms with Crippen molar-refractivity contribution in [3.8, 4) is 17.2 Å². The number of amides is 1. The van der Waals surface area contributed by atoms with Crippen LogP contribution in [0.3, 0.4) is 0 Å². The summed E-state index contributed by atoms with van der Waals surface area (Å²) in [6.07, 6.45) is 0. The van der Waals surface area contributed by atoms with Gasteiger partial charge in [-0.1, -0.05) is 41.9 Å². The Morgan fingerprint density at radius 3 is 2.23 bits per heavy atom. The number of fused-ring (bicyclic) bond motifs is 2. The van der Waals surface area contributed by atoms with Crippen molar-refractivity contribution in [3.63, 3.8) is 0 Å². The number of benzene rings is 3. The molecule has 1 aliphatic rings. The lowest BCUT2D eigenvalue weighted by molar-refractivity contribution is 0.0714. The summed E-state index contributed by atoms with van der Waals surface area (Å²) >= 11 is 6.43. The van der Waals surface area contributed by atoms with Crippen molar-refractivity contribution in [2.45, 2.75) is 12.6 Å². The largest absolute Gasteiger partial charge is 0.493 e. The van der Waals surface area contributed by atoms with Crippen LogP contribution in [0.5, 0.6) is 17.2 Å². The van der Waals surface area contributed by atoms with E-state index in [1.54, 1.807) is 47.4 Å². The molecule has 0 bridgehead atoms. The van der Waals surface area contributed by atoms with Gasteiger partial charge >= 0.3 is 0 Å². The summed E-state index contributed by atoms with van der Waals surface area (Å²) < 4.78 is 22.5. The third kappa shape index (κ3) is 3.68. The van der Waals surface area contributed by atoms with Crippen LogP contribution in [-0.4, -0.2) is 32.1 Å². The quantitative estimate of drug-likeness (QED) is 0.368. The molecule has 1 atom stereocenters. The number of para-hydroxylation sites is 1. The monoisotopic (exact) mass is 491 g/mol. The zero-order chi connectivity index (χ0) is 24.7. The second-order valence-electron chi connectivity index (χ2n) is 8.06. The highest BCUT2D eigenvalue weighted by molar-refractivity contribution is 6.31. The third-order valence-corrected chi connectivity index (χ3v) is 6.54. The number of hydrogen-bond donors (Lipinski definition) is 0. The van der Waals surface area contributed by atoms with Crippen LogP contribution >= 0.6 is 11.6 Å². The summed E-state index contributed by atoms with van der Waals surface area (Å²) in [5, 5.41) is 0.917. The van der Waals surface area contributed by atoms with E-state index in [1.165, 1.54) is 21.3 Å². The second kappa shape index (κ2) is 9.00. The van der Waals surface area contributed by atoms with Gasteiger partial charge in [0.1, 0.15) is 5.58 Å². The van der Waals surface area contributed by atoms with Crippen LogP contribution < -0.4 is 19.6 Å². The molecule has 1 aromatic heterocycles. The van der Waals surface area contributed by atoms with E-state index in [-0.39, 0.29) is 23.3 Å². The minimum Gasteiger partial charge on any atom is -0.493 e. The van der Waals surface area contributed by atoms with E-state index in [4.69, 9.17) is 30.2 Å². The van der Waals surface area contributed by atoms with Gasteiger partial charge in [-0.25, -0.2) is 0 Å². The highest BCUT2D eigenvalue weighted by atomic mass is 35.5. The Balaban J connectivity index is 1.77. The molecular formula is C27H22ClNO6. The van der Waals surface area contributed by atoms with Gasteiger partial charge in [0.05, 0.1) is 38.3 Å². The molecule has 8 heteroatoms. The summed E-state index contributed by atoms with van der Waals surface area (Å²) in [5.74, 6) is 0.837. The number of carbonyl (C=O) groups is 1. The Labute approximate surface area is 206 Å². The molecule has 1 amide bonds. The first-order chi connectivity index (χ1) is 17.0. The van der Waals surface area contributed by atoms with E-state index in [0.717, 1.165) is 5.56 Å². The minimum absolute atomic E-state index is 0.0134. The van der Waals surface area contributed by atoms with Gasteiger partial charge in [0.15, 0.2) is 16.9 Å². The van der Waals surface area contributed by atoms with Crippen LogP contribution in [-0.2, 0) is 6.54 Å². The van der Waals surface area contributed by atoms with E-state index >= 15 is 0 Å². The molecule has 0 fully saturated rings. The van der Waals surface area contributed by atoms with Crippen LogP contribution in [0.2, 0.25) is 5.02 Å². The lowest BCUT2D eigenvalue weighted by atomic mass is 9.97. The molecular weight excluding hydrogens is 470 g/mol. The fourth-order valence-electron chi connectivity index (χ4n) is 4.55. The highest BCUT2D eigenvalue weighted by Gasteiger charge is 2.43. The van der Waals surface area contributed by atoms with Crippen LogP contribution in [0, 0.1) is 0 Å². The predicted molar refractivity (Wildman–Crippen MR) is 132 cm³/mol. The van der Waals surface area contributed by atoms with Gasteiger partial charge in [-0.05, 0) is 41.5 Å². The van der Waals surface area contributed by atoms with Gasteiger partial charge in [0, 0.05) is 11.6 Å². The summed E-state index contributed by atoms with van der Waals surface area (Å²) in [4.78, 5) is 29.0. The fourth-order valence-corrected chi connectivity index (χ4v) is 4.74. The van der Waals surface area contributed by atoms with Gasteiger partial charge in [-0.3, -0.25) is 9.59 Å². The number of nitrogens with zero attached hydrogens (tertiary/aromatic N) is 1. The van der Waals surface area contributed by atoms with E-state index in [2.05, 4.69) is 0 Å². The van der Waals surface area contributed by atoms with Crippen molar-refractivity contribution in [2.75, 3.05) is 21.3 Å². The molecule has 0 saturated heterocycles. The molecule has 0 unspecified atom stereocenters. The van der Waals surface area contributed by atoms with E-state index < -0.39 is 11.9 Å². The minimum atomic E-state index is -0.761. The molecule has 2 heterocycles. The molecule has 0 radical (unpaired) electrons. The molecule has 178 valence electrons. The molecule has 5 rings (SSSR count). The van der Waals surface area contributed by atoms with Crippen molar-refractivity contribution in [3.05, 3.63) is 98.4 Å². The summed E-state index contributed by atoms with van der Waals surface area (Å²) in [5.41, 5.74) is 1.70. The topological polar surface area (TPSA) is 78.2 Å². The summed E-state index contributed by atoms with van der Waals surface area (Å²) in [6, 6.07) is 16.9. The molecule has 4 aromatic rings. The first kappa shape index (κ1) is 22.8. The Hall–Kier alpha value is -3.97. The Kier molecular flexibility index (Phi) is 5.86. The van der Waals surface area contributed by atoms with Gasteiger partial charge in [-0.2, -0.15) is 0 Å². The van der Waals surface area contributed by atoms with Crippen molar-refractivity contribution < 1.29 is 23.4 Å². The molecule has 35 heavy (non-hydrogen) atoms. The number of methoxy groups -OCH3 is 3. The third-order valence-electron chi connectivity index (χ3n) is 6.17. The van der Waals surface area contributed by atoms with Gasteiger partial charge < -0.3 is 23.5 Å². The molecule has 1 aliphatic heterocycles. The molecule has 0 aliphatic carbocycles. The lowest BCUT2D eigenvalue weighted by Crippen LogP contribution is -2.29. The Morgan fingerprint density at radius 2 is 1.57 bits per heavy atom. The second-order valence-corrected chi connectivity index (χ2v) is 8.46. The van der Waals surface area contributed by atoms with Gasteiger partial charge in [0.2, 0.25) is 11.5 Å². The zero-order valence-corrected chi connectivity index (χ0v) is 20.1. The molecule has 0 spiro atoms. The van der Waals surface area contributed by atoms with Crippen LogP contribution in [0.1, 0.15) is 33.3 Å². The first-order valence-electron chi connectivity index (χ1n) is 10.9. The van der Waals surface area contributed by atoms with Crippen molar-refractivity contribution in [2.24, 2.45) is 0 Å². The van der Waals surface area contributed by atoms with Crippen molar-refractivity contribution >= 4 is 28.5 Å². The highest BCUT2D eigenvalue weighted by Crippen LogP contribution is 2.45. The SMILES string of the molecule is COc1cc([C@H]2c3c(oc4ccccc4c3=O)C(=O)N2Cc2ccccc2Cl)cc(OC)c1OC. The average Bonchev–Trinajstić information content (AvgIpc) is 3.16. The van der Waals surface area contributed by atoms with Gasteiger partial charge in [-0.15, -0.1) is 0 Å². The van der Waals surface area contributed by atoms with Crippen LogP contribution in [0.4, 0.5) is 0 Å². The first-order valence-corrected chi connectivity index (χ1v) is 11.3. The average molecular weight is 492 g/mol. The fraction of sp³-hybridized carbons (Fsp3) is 0.185. The van der Waals surface area contributed by atoms with E-state index in [0.29, 0.717) is 38.8 Å². The normalized spacial score (nSPS) is 14.8. The Bertz CT molecular complexity index is 1490. The van der Waals surface area contributed by atoms with Crippen molar-refractivity contribution in [1.82, 2.24) is 4.90 Å². The lowest BCUT2D eigenvalue weighted by Gasteiger charge is -2.26. The zero-order valence-electron chi connectivity index (χ0n) is 19.3. The smallest absolute Gasteiger partial charge is 0.291 e. The molecule has 0 saturated carbocycles.